The summed E-state index contributed by atoms with van der Waals surface area (Å²) in [5.74, 6) is 2.10. The standard InChI is InChI=1S/C14H27F2N3/c1-4-17-14(18-9-13(15)16)19(3)10-12-7-5-11(2)6-8-12/h11-13H,4-10H2,1-3H3,(H,17,18). The van der Waals surface area contributed by atoms with Gasteiger partial charge in [0.2, 0.25) is 0 Å². The summed E-state index contributed by atoms with van der Waals surface area (Å²) in [6.07, 6.45) is 2.66. The van der Waals surface area contributed by atoms with E-state index in [2.05, 4.69) is 17.2 Å². The lowest BCUT2D eigenvalue weighted by Crippen LogP contribution is -2.42. The number of alkyl halides is 2. The van der Waals surface area contributed by atoms with E-state index in [1.807, 2.05) is 18.9 Å². The fourth-order valence-corrected chi connectivity index (χ4v) is 2.61. The minimum absolute atomic E-state index is 0.422. The molecule has 0 amide bonds. The highest BCUT2D eigenvalue weighted by Crippen LogP contribution is 2.28. The van der Waals surface area contributed by atoms with E-state index < -0.39 is 13.0 Å². The van der Waals surface area contributed by atoms with E-state index in [1.54, 1.807) is 0 Å². The fourth-order valence-electron chi connectivity index (χ4n) is 2.61. The third-order valence-electron chi connectivity index (χ3n) is 3.74. The number of hydrogen-bond acceptors (Lipinski definition) is 1. The molecule has 1 fully saturated rings. The van der Waals surface area contributed by atoms with Crippen LogP contribution >= 0.6 is 0 Å². The third-order valence-corrected chi connectivity index (χ3v) is 3.74. The number of guanidine groups is 1. The first kappa shape index (κ1) is 16.2. The highest BCUT2D eigenvalue weighted by Gasteiger charge is 2.20. The van der Waals surface area contributed by atoms with Crippen molar-refractivity contribution in [3.05, 3.63) is 0 Å². The minimum atomic E-state index is -2.38. The lowest BCUT2D eigenvalue weighted by Gasteiger charge is -2.31. The molecule has 1 rings (SSSR count). The van der Waals surface area contributed by atoms with E-state index in [9.17, 15) is 8.78 Å². The molecule has 1 saturated carbocycles. The summed E-state index contributed by atoms with van der Waals surface area (Å²) in [5, 5.41) is 3.08. The van der Waals surface area contributed by atoms with E-state index in [1.165, 1.54) is 25.7 Å². The Bertz CT molecular complexity index is 274. The first-order valence-electron chi connectivity index (χ1n) is 7.30. The van der Waals surface area contributed by atoms with E-state index in [-0.39, 0.29) is 0 Å². The molecule has 0 bridgehead atoms. The van der Waals surface area contributed by atoms with E-state index in [0.29, 0.717) is 18.4 Å². The average molecular weight is 275 g/mol. The molecule has 0 unspecified atom stereocenters. The molecule has 0 atom stereocenters. The van der Waals surface area contributed by atoms with Crippen molar-refractivity contribution in [2.24, 2.45) is 16.8 Å². The van der Waals surface area contributed by atoms with Crippen molar-refractivity contribution < 1.29 is 8.78 Å². The van der Waals surface area contributed by atoms with Crippen molar-refractivity contribution in [3.8, 4) is 0 Å². The van der Waals surface area contributed by atoms with Crippen LogP contribution in [0, 0.1) is 11.8 Å². The number of nitrogens with one attached hydrogen (secondary N) is 1. The van der Waals surface area contributed by atoms with Crippen molar-refractivity contribution in [2.75, 3.05) is 26.7 Å². The van der Waals surface area contributed by atoms with Crippen molar-refractivity contribution in [3.63, 3.8) is 0 Å². The van der Waals surface area contributed by atoms with Crippen LogP contribution in [0.1, 0.15) is 39.5 Å². The number of rotatable bonds is 5. The molecule has 5 heteroatoms. The van der Waals surface area contributed by atoms with Gasteiger partial charge < -0.3 is 10.2 Å². The molecule has 1 N–H and O–H groups in total. The van der Waals surface area contributed by atoms with Gasteiger partial charge >= 0.3 is 0 Å². The first-order valence-corrected chi connectivity index (χ1v) is 7.30. The zero-order valence-electron chi connectivity index (χ0n) is 12.3. The molecular weight excluding hydrogens is 248 g/mol. The molecule has 1 aliphatic carbocycles. The van der Waals surface area contributed by atoms with Crippen molar-refractivity contribution in [1.82, 2.24) is 10.2 Å². The number of hydrogen-bond donors (Lipinski definition) is 1. The zero-order valence-corrected chi connectivity index (χ0v) is 12.3. The van der Waals surface area contributed by atoms with Gasteiger partial charge in [0.15, 0.2) is 5.96 Å². The van der Waals surface area contributed by atoms with Gasteiger partial charge in [-0.25, -0.2) is 13.8 Å². The normalized spacial score (nSPS) is 24.6. The molecule has 112 valence electrons. The van der Waals surface area contributed by atoms with Gasteiger partial charge in [0.25, 0.3) is 6.43 Å². The Morgan fingerprint density at radius 2 is 1.95 bits per heavy atom. The highest BCUT2D eigenvalue weighted by molar-refractivity contribution is 5.79. The average Bonchev–Trinajstić information content (AvgIpc) is 2.37. The lowest BCUT2D eigenvalue weighted by atomic mass is 9.83. The van der Waals surface area contributed by atoms with E-state index in [4.69, 9.17) is 0 Å². The Labute approximate surface area is 115 Å². The number of halogens is 2. The van der Waals surface area contributed by atoms with Crippen LogP contribution in [-0.2, 0) is 0 Å². The third kappa shape index (κ3) is 6.21. The molecule has 0 aromatic rings. The largest absolute Gasteiger partial charge is 0.357 e. The maximum absolute atomic E-state index is 12.2. The lowest BCUT2D eigenvalue weighted by molar-refractivity contribution is 0.158. The maximum Gasteiger partial charge on any atom is 0.257 e. The topological polar surface area (TPSA) is 27.6 Å². The SMILES string of the molecule is CCNC(=NCC(F)F)N(C)CC1CCC(C)CC1. The quantitative estimate of drug-likeness (QED) is 0.617. The Morgan fingerprint density at radius 3 is 2.47 bits per heavy atom. The summed E-state index contributed by atoms with van der Waals surface area (Å²) in [6.45, 7) is 5.44. The van der Waals surface area contributed by atoms with Crippen LogP contribution in [0.2, 0.25) is 0 Å². The van der Waals surface area contributed by atoms with E-state index in [0.717, 1.165) is 12.5 Å². The first-order chi connectivity index (χ1) is 9.02. The Balaban J connectivity index is 2.47. The molecule has 0 aliphatic heterocycles. The summed E-state index contributed by atoms with van der Waals surface area (Å²) in [5.41, 5.74) is 0. The second-order valence-corrected chi connectivity index (χ2v) is 5.59. The monoisotopic (exact) mass is 275 g/mol. The molecule has 19 heavy (non-hydrogen) atoms. The van der Waals surface area contributed by atoms with Crippen LogP contribution in [0.4, 0.5) is 8.78 Å². The second-order valence-electron chi connectivity index (χ2n) is 5.59. The molecule has 0 spiro atoms. The van der Waals surface area contributed by atoms with Gasteiger partial charge in [-0.3, -0.25) is 0 Å². The van der Waals surface area contributed by atoms with Crippen LogP contribution in [0.25, 0.3) is 0 Å². The van der Waals surface area contributed by atoms with Gasteiger partial charge in [0.1, 0.15) is 6.54 Å². The summed E-state index contributed by atoms with van der Waals surface area (Å²) in [6, 6.07) is 0. The summed E-state index contributed by atoms with van der Waals surface area (Å²) in [7, 11) is 1.94. The summed E-state index contributed by atoms with van der Waals surface area (Å²) < 4.78 is 24.5. The smallest absolute Gasteiger partial charge is 0.257 e. The van der Waals surface area contributed by atoms with Crippen molar-refractivity contribution in [1.29, 1.82) is 0 Å². The van der Waals surface area contributed by atoms with Gasteiger partial charge in [0.05, 0.1) is 0 Å². The van der Waals surface area contributed by atoms with E-state index >= 15 is 0 Å². The molecule has 0 aromatic heterocycles. The van der Waals surface area contributed by atoms with Crippen LogP contribution in [0.15, 0.2) is 4.99 Å². The van der Waals surface area contributed by atoms with Crippen LogP contribution in [-0.4, -0.2) is 44.0 Å². The maximum atomic E-state index is 12.2. The van der Waals surface area contributed by atoms with Gasteiger partial charge in [-0.05, 0) is 31.6 Å². The van der Waals surface area contributed by atoms with Crippen LogP contribution in [0.3, 0.4) is 0 Å². The van der Waals surface area contributed by atoms with Crippen LogP contribution in [0.5, 0.6) is 0 Å². The minimum Gasteiger partial charge on any atom is -0.357 e. The van der Waals surface area contributed by atoms with Gasteiger partial charge in [0, 0.05) is 20.1 Å². The Kier molecular flexibility index (Phi) is 7.10. The number of nitrogens with zero attached hydrogens (tertiary/aromatic N) is 2. The van der Waals surface area contributed by atoms with Gasteiger partial charge in [-0.2, -0.15) is 0 Å². The Hall–Kier alpha value is -0.870. The predicted molar refractivity (Wildman–Crippen MR) is 75.7 cm³/mol. The summed E-state index contributed by atoms with van der Waals surface area (Å²) >= 11 is 0. The predicted octanol–water partition coefficient (Wildman–Crippen LogP) is 2.98. The van der Waals surface area contributed by atoms with Gasteiger partial charge in [-0.15, -0.1) is 0 Å². The second kappa shape index (κ2) is 8.33. The molecule has 0 aromatic carbocycles. The molecular formula is C14H27F2N3. The molecule has 3 nitrogen and oxygen atoms in total. The molecule has 1 aliphatic rings. The fraction of sp³-hybridized carbons (Fsp3) is 0.929. The molecule has 0 saturated heterocycles. The van der Waals surface area contributed by atoms with Crippen molar-refractivity contribution in [2.45, 2.75) is 46.0 Å². The van der Waals surface area contributed by atoms with Gasteiger partial charge in [-0.1, -0.05) is 19.8 Å². The molecule has 0 radical (unpaired) electrons. The highest BCUT2D eigenvalue weighted by atomic mass is 19.3. The number of aliphatic imine (C=N–C) groups is 1. The van der Waals surface area contributed by atoms with Crippen molar-refractivity contribution >= 4 is 5.96 Å². The summed E-state index contributed by atoms with van der Waals surface area (Å²) in [4.78, 5) is 5.97. The Morgan fingerprint density at radius 1 is 1.32 bits per heavy atom. The molecule has 0 heterocycles. The zero-order chi connectivity index (χ0) is 14.3. The van der Waals surface area contributed by atoms with Crippen LogP contribution < -0.4 is 5.32 Å².